The summed E-state index contributed by atoms with van der Waals surface area (Å²) >= 11 is 12.2. The molecule has 7 heteroatoms. The normalized spacial score (nSPS) is 10.5. The number of likely N-dealkylation sites (N-methyl/N-ethyl adjacent to an activating group) is 1. The minimum atomic E-state index is -0.140. The summed E-state index contributed by atoms with van der Waals surface area (Å²) in [4.78, 5) is 13.1. The SMILES string of the molecule is COCCNCc1cc(Cl)cc(Cl)c1OCC(=O)N(C)C. The lowest BCUT2D eigenvalue weighted by Crippen LogP contribution is -2.28. The van der Waals surface area contributed by atoms with E-state index in [0.29, 0.717) is 35.5 Å². The number of rotatable bonds is 8. The molecule has 1 rings (SSSR count). The number of amides is 1. The molecule has 1 N–H and O–H groups in total. The molecule has 0 unspecified atom stereocenters. The van der Waals surface area contributed by atoms with Gasteiger partial charge in [0.05, 0.1) is 11.6 Å². The van der Waals surface area contributed by atoms with Crippen LogP contribution in [0.1, 0.15) is 5.56 Å². The van der Waals surface area contributed by atoms with E-state index in [-0.39, 0.29) is 12.5 Å². The zero-order valence-electron chi connectivity index (χ0n) is 12.4. The summed E-state index contributed by atoms with van der Waals surface area (Å²) in [6.07, 6.45) is 0. The molecule has 1 aromatic rings. The van der Waals surface area contributed by atoms with Crippen molar-refractivity contribution in [2.24, 2.45) is 0 Å². The highest BCUT2D eigenvalue weighted by molar-refractivity contribution is 6.35. The molecule has 118 valence electrons. The Hall–Kier alpha value is -1.01. The van der Waals surface area contributed by atoms with Gasteiger partial charge in [-0.05, 0) is 12.1 Å². The van der Waals surface area contributed by atoms with Crippen molar-refractivity contribution in [3.63, 3.8) is 0 Å². The first-order valence-electron chi connectivity index (χ1n) is 6.46. The number of nitrogens with zero attached hydrogens (tertiary/aromatic N) is 1. The number of halogens is 2. The van der Waals surface area contributed by atoms with Gasteiger partial charge in [-0.2, -0.15) is 0 Å². The third-order valence-corrected chi connectivity index (χ3v) is 3.22. The third-order valence-electron chi connectivity index (χ3n) is 2.72. The molecule has 1 amide bonds. The highest BCUT2D eigenvalue weighted by Gasteiger charge is 2.13. The fourth-order valence-corrected chi connectivity index (χ4v) is 2.16. The average Bonchev–Trinajstić information content (AvgIpc) is 2.42. The fourth-order valence-electron chi connectivity index (χ4n) is 1.57. The summed E-state index contributed by atoms with van der Waals surface area (Å²) in [5.41, 5.74) is 0.801. The maximum Gasteiger partial charge on any atom is 0.259 e. The summed E-state index contributed by atoms with van der Waals surface area (Å²) in [7, 11) is 4.98. The van der Waals surface area contributed by atoms with Crippen LogP contribution in [-0.2, 0) is 16.1 Å². The summed E-state index contributed by atoms with van der Waals surface area (Å²) in [5.74, 6) is 0.334. The van der Waals surface area contributed by atoms with Crippen LogP contribution < -0.4 is 10.1 Å². The molecule has 0 spiro atoms. The fraction of sp³-hybridized carbons (Fsp3) is 0.500. The van der Waals surface area contributed by atoms with E-state index in [1.165, 1.54) is 4.90 Å². The molecule has 21 heavy (non-hydrogen) atoms. The van der Waals surface area contributed by atoms with Crippen molar-refractivity contribution < 1.29 is 14.3 Å². The van der Waals surface area contributed by atoms with Crippen molar-refractivity contribution in [3.05, 3.63) is 27.7 Å². The molecule has 0 aliphatic heterocycles. The van der Waals surface area contributed by atoms with Gasteiger partial charge in [-0.25, -0.2) is 0 Å². The molecule has 5 nitrogen and oxygen atoms in total. The largest absolute Gasteiger partial charge is 0.482 e. The first-order valence-corrected chi connectivity index (χ1v) is 7.21. The molecule has 0 radical (unpaired) electrons. The van der Waals surface area contributed by atoms with E-state index in [1.54, 1.807) is 33.3 Å². The van der Waals surface area contributed by atoms with E-state index in [2.05, 4.69) is 5.32 Å². The first kappa shape index (κ1) is 18.0. The maximum atomic E-state index is 11.6. The predicted molar refractivity (Wildman–Crippen MR) is 84.2 cm³/mol. The third kappa shape index (κ3) is 6.09. The van der Waals surface area contributed by atoms with Gasteiger partial charge in [-0.1, -0.05) is 23.2 Å². The molecular formula is C14H20Cl2N2O3. The van der Waals surface area contributed by atoms with Crippen LogP contribution in [0, 0.1) is 0 Å². The Labute approximate surface area is 135 Å². The highest BCUT2D eigenvalue weighted by Crippen LogP contribution is 2.32. The second-order valence-corrected chi connectivity index (χ2v) is 5.47. The van der Waals surface area contributed by atoms with Crippen molar-refractivity contribution >= 4 is 29.1 Å². The van der Waals surface area contributed by atoms with E-state index in [4.69, 9.17) is 32.7 Å². The number of hydrogen-bond donors (Lipinski definition) is 1. The number of carbonyl (C=O) groups is 1. The Balaban J connectivity index is 2.77. The molecule has 0 fully saturated rings. The molecule has 1 aromatic carbocycles. The van der Waals surface area contributed by atoms with Crippen LogP contribution in [0.15, 0.2) is 12.1 Å². The van der Waals surface area contributed by atoms with Crippen molar-refractivity contribution in [2.75, 3.05) is 41.0 Å². The van der Waals surface area contributed by atoms with Gasteiger partial charge in [0.1, 0.15) is 5.75 Å². The standard InChI is InChI=1S/C14H20Cl2N2O3/c1-18(2)13(19)9-21-14-10(8-17-4-5-20-3)6-11(15)7-12(14)16/h6-7,17H,4-5,8-9H2,1-3H3. The van der Waals surface area contributed by atoms with Crippen molar-refractivity contribution in [3.8, 4) is 5.75 Å². The number of methoxy groups -OCH3 is 1. The van der Waals surface area contributed by atoms with Crippen LogP contribution in [0.2, 0.25) is 10.0 Å². The monoisotopic (exact) mass is 334 g/mol. The van der Waals surface area contributed by atoms with E-state index < -0.39 is 0 Å². The van der Waals surface area contributed by atoms with Crippen molar-refractivity contribution in [1.29, 1.82) is 0 Å². The van der Waals surface area contributed by atoms with Gasteiger partial charge in [-0.3, -0.25) is 4.79 Å². The van der Waals surface area contributed by atoms with Crippen LogP contribution in [0.25, 0.3) is 0 Å². The average molecular weight is 335 g/mol. The zero-order chi connectivity index (χ0) is 15.8. The van der Waals surface area contributed by atoms with Gasteiger partial charge in [0.15, 0.2) is 6.61 Å². The maximum absolute atomic E-state index is 11.6. The Morgan fingerprint density at radius 3 is 2.67 bits per heavy atom. The first-order chi connectivity index (χ1) is 9.95. The molecule has 0 aliphatic rings. The lowest BCUT2D eigenvalue weighted by atomic mass is 10.2. The van der Waals surface area contributed by atoms with E-state index in [1.807, 2.05) is 0 Å². The van der Waals surface area contributed by atoms with E-state index in [9.17, 15) is 4.79 Å². The van der Waals surface area contributed by atoms with Crippen LogP contribution in [0.4, 0.5) is 0 Å². The van der Waals surface area contributed by atoms with Crippen LogP contribution in [-0.4, -0.2) is 51.8 Å². The van der Waals surface area contributed by atoms with E-state index in [0.717, 1.165) is 5.56 Å². The second-order valence-electron chi connectivity index (χ2n) is 4.62. The number of carbonyl (C=O) groups excluding carboxylic acids is 1. The Morgan fingerprint density at radius 1 is 1.33 bits per heavy atom. The summed E-state index contributed by atoms with van der Waals surface area (Å²) in [6.45, 7) is 1.74. The molecule has 0 bridgehead atoms. The molecule has 0 saturated heterocycles. The van der Waals surface area contributed by atoms with Crippen LogP contribution >= 0.6 is 23.2 Å². The molecule has 0 heterocycles. The lowest BCUT2D eigenvalue weighted by Gasteiger charge is -2.16. The van der Waals surface area contributed by atoms with Gasteiger partial charge >= 0.3 is 0 Å². The quantitative estimate of drug-likeness (QED) is 0.740. The van der Waals surface area contributed by atoms with Gasteiger partial charge in [-0.15, -0.1) is 0 Å². The van der Waals surface area contributed by atoms with E-state index >= 15 is 0 Å². The summed E-state index contributed by atoms with van der Waals surface area (Å²) in [6, 6.07) is 3.36. The summed E-state index contributed by atoms with van der Waals surface area (Å²) in [5, 5.41) is 4.10. The lowest BCUT2D eigenvalue weighted by molar-refractivity contribution is -0.130. The van der Waals surface area contributed by atoms with Gasteiger partial charge in [0, 0.05) is 44.9 Å². The Kier molecular flexibility index (Phi) is 7.82. The molecule has 0 atom stereocenters. The zero-order valence-corrected chi connectivity index (χ0v) is 13.9. The topological polar surface area (TPSA) is 50.8 Å². The highest BCUT2D eigenvalue weighted by atomic mass is 35.5. The van der Waals surface area contributed by atoms with Gasteiger partial charge < -0.3 is 19.7 Å². The number of hydrogen-bond acceptors (Lipinski definition) is 4. The van der Waals surface area contributed by atoms with Crippen LogP contribution in [0.5, 0.6) is 5.75 Å². The molecular weight excluding hydrogens is 315 g/mol. The van der Waals surface area contributed by atoms with Crippen LogP contribution in [0.3, 0.4) is 0 Å². The number of benzene rings is 1. The minimum absolute atomic E-state index is 0.0700. The predicted octanol–water partition coefficient (Wildman–Crippen LogP) is 2.20. The van der Waals surface area contributed by atoms with Gasteiger partial charge in [0.25, 0.3) is 5.91 Å². The second kappa shape index (κ2) is 9.10. The summed E-state index contributed by atoms with van der Waals surface area (Å²) < 4.78 is 10.5. The van der Waals surface area contributed by atoms with Crippen molar-refractivity contribution in [2.45, 2.75) is 6.54 Å². The Bertz CT molecular complexity index is 482. The molecule has 0 aromatic heterocycles. The number of nitrogens with one attached hydrogen (secondary N) is 1. The number of ether oxygens (including phenoxy) is 2. The molecule has 0 saturated carbocycles. The molecule has 0 aliphatic carbocycles. The smallest absolute Gasteiger partial charge is 0.259 e. The van der Waals surface area contributed by atoms with Gasteiger partial charge in [0.2, 0.25) is 0 Å². The minimum Gasteiger partial charge on any atom is -0.482 e. The van der Waals surface area contributed by atoms with Crippen molar-refractivity contribution in [1.82, 2.24) is 10.2 Å². The Morgan fingerprint density at radius 2 is 2.05 bits per heavy atom.